The Morgan fingerprint density at radius 1 is 1.40 bits per heavy atom. The van der Waals surface area contributed by atoms with Gasteiger partial charge in [0.1, 0.15) is 5.75 Å². The Balaban J connectivity index is 1.75. The second-order valence-corrected chi connectivity index (χ2v) is 5.81. The molecule has 0 unspecified atom stereocenters. The van der Waals surface area contributed by atoms with Crippen molar-refractivity contribution in [3.05, 3.63) is 23.5 Å². The zero-order valence-electron chi connectivity index (χ0n) is 11.5. The van der Waals surface area contributed by atoms with Crippen molar-refractivity contribution in [3.8, 4) is 5.75 Å². The maximum atomic E-state index is 5.86. The molecule has 0 spiro atoms. The summed E-state index contributed by atoms with van der Waals surface area (Å²) < 4.78 is 7.29. The summed E-state index contributed by atoms with van der Waals surface area (Å²) in [5.74, 6) is 2.06. The lowest BCUT2D eigenvalue weighted by Gasteiger charge is -2.07. The van der Waals surface area contributed by atoms with Crippen molar-refractivity contribution in [2.24, 2.45) is 0 Å². The minimum atomic E-state index is 0.479. The van der Waals surface area contributed by atoms with E-state index in [9.17, 15) is 0 Å². The van der Waals surface area contributed by atoms with E-state index in [4.69, 9.17) is 10.5 Å². The lowest BCUT2D eigenvalue weighted by atomic mass is 10.3. The van der Waals surface area contributed by atoms with Crippen LogP contribution in [0, 0.1) is 6.92 Å². The average molecular weight is 291 g/mol. The maximum absolute atomic E-state index is 5.86. The van der Waals surface area contributed by atoms with Crippen molar-refractivity contribution in [3.63, 3.8) is 0 Å². The predicted molar refractivity (Wildman–Crippen MR) is 77.8 cm³/mol. The number of ether oxygens (including phenoxy) is 1. The van der Waals surface area contributed by atoms with Crippen LogP contribution in [0.3, 0.4) is 0 Å². The van der Waals surface area contributed by atoms with E-state index >= 15 is 0 Å². The molecule has 0 saturated heterocycles. The third kappa shape index (κ3) is 2.72. The highest BCUT2D eigenvalue weighted by atomic mass is 32.2. The summed E-state index contributed by atoms with van der Waals surface area (Å²) in [6.45, 7) is 1.96. The summed E-state index contributed by atoms with van der Waals surface area (Å²) in [6.07, 6.45) is 2.32. The second kappa shape index (κ2) is 5.32. The molecule has 0 radical (unpaired) electrons. The molecular formula is C13H17N5OS. The van der Waals surface area contributed by atoms with Gasteiger partial charge >= 0.3 is 0 Å². The first kappa shape index (κ1) is 13.2. The third-order valence-corrected chi connectivity index (χ3v) is 4.14. The van der Waals surface area contributed by atoms with Gasteiger partial charge in [-0.15, -0.1) is 10.2 Å². The second-order valence-electron chi connectivity index (χ2n) is 4.87. The molecule has 2 heterocycles. The van der Waals surface area contributed by atoms with E-state index in [1.165, 1.54) is 0 Å². The fourth-order valence-electron chi connectivity index (χ4n) is 2.10. The monoisotopic (exact) mass is 291 g/mol. The number of aryl methyl sites for hydroxylation is 1. The predicted octanol–water partition coefficient (Wildman–Crippen LogP) is 2.20. The number of nitrogen functional groups attached to an aromatic ring is 1. The Kier molecular flexibility index (Phi) is 3.52. The number of thioether (sulfide) groups is 1. The topological polar surface area (TPSA) is 78.8 Å². The number of pyridine rings is 1. The van der Waals surface area contributed by atoms with Gasteiger partial charge in [0.05, 0.1) is 12.8 Å². The van der Waals surface area contributed by atoms with E-state index in [2.05, 4.69) is 15.2 Å². The normalized spacial score (nSPS) is 14.5. The number of rotatable bonds is 5. The molecule has 0 amide bonds. The van der Waals surface area contributed by atoms with Crippen LogP contribution in [-0.2, 0) is 5.75 Å². The molecule has 0 aliphatic heterocycles. The van der Waals surface area contributed by atoms with Gasteiger partial charge in [0.2, 0.25) is 5.95 Å². The molecule has 0 atom stereocenters. The maximum Gasteiger partial charge on any atom is 0.222 e. The number of anilines is 1. The molecule has 2 N–H and O–H groups in total. The zero-order valence-corrected chi connectivity index (χ0v) is 12.4. The molecule has 1 aliphatic carbocycles. The highest BCUT2D eigenvalue weighted by Gasteiger charge is 2.28. The van der Waals surface area contributed by atoms with Gasteiger partial charge in [-0.25, -0.2) is 0 Å². The molecule has 0 aromatic carbocycles. The lowest BCUT2D eigenvalue weighted by Crippen LogP contribution is -2.02. The number of aromatic nitrogens is 4. The molecule has 7 heteroatoms. The van der Waals surface area contributed by atoms with Crippen LogP contribution in [-0.4, -0.2) is 26.9 Å². The molecule has 20 heavy (non-hydrogen) atoms. The summed E-state index contributed by atoms with van der Waals surface area (Å²) >= 11 is 1.61. The quantitative estimate of drug-likeness (QED) is 0.851. The smallest absolute Gasteiger partial charge is 0.222 e. The van der Waals surface area contributed by atoms with Gasteiger partial charge in [0.15, 0.2) is 5.16 Å². The van der Waals surface area contributed by atoms with Crippen molar-refractivity contribution in [2.75, 3.05) is 12.8 Å². The Bertz CT molecular complexity index is 623. The van der Waals surface area contributed by atoms with E-state index in [0.29, 0.717) is 12.0 Å². The van der Waals surface area contributed by atoms with E-state index in [0.717, 1.165) is 40.9 Å². The molecule has 106 valence electrons. The number of nitrogens with zero attached hydrogens (tertiary/aromatic N) is 4. The average Bonchev–Trinajstić information content (AvgIpc) is 3.19. The third-order valence-electron chi connectivity index (χ3n) is 3.17. The van der Waals surface area contributed by atoms with Crippen LogP contribution in [0.2, 0.25) is 0 Å². The largest absolute Gasteiger partial charge is 0.497 e. The lowest BCUT2D eigenvalue weighted by molar-refractivity contribution is 0.413. The van der Waals surface area contributed by atoms with E-state index in [1.807, 2.05) is 23.6 Å². The minimum Gasteiger partial charge on any atom is -0.497 e. The molecule has 2 aromatic heterocycles. The van der Waals surface area contributed by atoms with Crippen LogP contribution >= 0.6 is 11.8 Å². The molecule has 1 saturated carbocycles. The van der Waals surface area contributed by atoms with Gasteiger partial charge in [0.25, 0.3) is 0 Å². The van der Waals surface area contributed by atoms with Gasteiger partial charge in [-0.1, -0.05) is 11.8 Å². The van der Waals surface area contributed by atoms with E-state index < -0.39 is 0 Å². The first-order valence-corrected chi connectivity index (χ1v) is 7.50. The molecular weight excluding hydrogens is 274 g/mol. The molecule has 2 aromatic rings. The number of hydrogen-bond donors (Lipinski definition) is 1. The Hall–Kier alpha value is -1.76. The Morgan fingerprint density at radius 3 is 2.90 bits per heavy atom. The first-order chi connectivity index (χ1) is 9.67. The number of hydrogen-bond acceptors (Lipinski definition) is 6. The highest BCUT2D eigenvalue weighted by molar-refractivity contribution is 7.98. The van der Waals surface area contributed by atoms with Crippen molar-refractivity contribution in [1.29, 1.82) is 0 Å². The van der Waals surface area contributed by atoms with Gasteiger partial charge in [-0.2, -0.15) is 0 Å². The van der Waals surface area contributed by atoms with Crippen molar-refractivity contribution < 1.29 is 4.74 Å². The summed E-state index contributed by atoms with van der Waals surface area (Å²) in [4.78, 5) is 4.50. The van der Waals surface area contributed by atoms with E-state index in [1.54, 1.807) is 18.9 Å². The van der Waals surface area contributed by atoms with Crippen LogP contribution in [0.4, 0.5) is 5.95 Å². The van der Waals surface area contributed by atoms with Gasteiger partial charge in [-0.3, -0.25) is 9.55 Å². The molecule has 0 bridgehead atoms. The molecule has 1 aliphatic rings. The number of nitrogens with two attached hydrogens (primary N) is 1. The molecule has 3 rings (SSSR count). The van der Waals surface area contributed by atoms with Gasteiger partial charge in [-0.05, 0) is 19.8 Å². The summed E-state index contributed by atoms with van der Waals surface area (Å²) in [5, 5.41) is 8.98. The summed E-state index contributed by atoms with van der Waals surface area (Å²) in [7, 11) is 1.66. The van der Waals surface area contributed by atoms with Crippen LogP contribution in [0.15, 0.2) is 17.3 Å². The summed E-state index contributed by atoms with van der Waals surface area (Å²) in [6, 6.07) is 4.34. The standard InChI is InChI=1S/C13H17N5OS/c1-8-5-11(19-2)6-9(15-8)7-20-13-17-16-12(14)18(13)10-3-4-10/h5-6,10H,3-4,7H2,1-2H3,(H2,14,16). The minimum absolute atomic E-state index is 0.479. The SMILES string of the molecule is COc1cc(C)nc(CSc2nnc(N)n2C2CC2)c1. The van der Waals surface area contributed by atoms with Crippen LogP contribution in [0.25, 0.3) is 0 Å². The number of methoxy groups -OCH3 is 1. The van der Waals surface area contributed by atoms with Crippen molar-refractivity contribution in [2.45, 2.75) is 36.7 Å². The van der Waals surface area contributed by atoms with Crippen LogP contribution in [0.1, 0.15) is 30.3 Å². The van der Waals surface area contributed by atoms with Gasteiger partial charge in [0, 0.05) is 29.6 Å². The summed E-state index contributed by atoms with van der Waals surface area (Å²) in [5.41, 5.74) is 7.78. The fraction of sp³-hybridized carbons (Fsp3) is 0.462. The Labute approximate surface area is 121 Å². The highest BCUT2D eigenvalue weighted by Crippen LogP contribution is 2.39. The zero-order chi connectivity index (χ0) is 14.1. The van der Waals surface area contributed by atoms with E-state index in [-0.39, 0.29) is 0 Å². The first-order valence-electron chi connectivity index (χ1n) is 6.52. The fourth-order valence-corrected chi connectivity index (χ4v) is 3.00. The van der Waals surface area contributed by atoms with Crippen molar-refractivity contribution in [1.82, 2.24) is 19.7 Å². The van der Waals surface area contributed by atoms with Crippen LogP contribution in [0.5, 0.6) is 5.75 Å². The molecule has 6 nitrogen and oxygen atoms in total. The van der Waals surface area contributed by atoms with Crippen LogP contribution < -0.4 is 10.5 Å². The Morgan fingerprint density at radius 2 is 2.20 bits per heavy atom. The van der Waals surface area contributed by atoms with Crippen molar-refractivity contribution >= 4 is 17.7 Å². The van der Waals surface area contributed by atoms with Gasteiger partial charge < -0.3 is 10.5 Å². The molecule has 1 fully saturated rings.